The van der Waals surface area contributed by atoms with Gasteiger partial charge in [0.25, 0.3) is 5.56 Å². The zero-order valence-electron chi connectivity index (χ0n) is 20.8. The van der Waals surface area contributed by atoms with E-state index in [4.69, 9.17) is 13.9 Å². The Kier molecular flexibility index (Phi) is 8.05. The van der Waals surface area contributed by atoms with Crippen molar-refractivity contribution in [3.05, 3.63) is 16.7 Å². The summed E-state index contributed by atoms with van der Waals surface area (Å²) in [6, 6.07) is 0. The monoisotopic (exact) mass is 496 g/mol. The van der Waals surface area contributed by atoms with Gasteiger partial charge in [-0.2, -0.15) is 4.98 Å². The highest BCUT2D eigenvalue weighted by atomic mass is 32.2. The van der Waals surface area contributed by atoms with Gasteiger partial charge in [-0.1, -0.05) is 20.8 Å². The van der Waals surface area contributed by atoms with Gasteiger partial charge in [0.1, 0.15) is 12.3 Å². The Morgan fingerprint density at radius 3 is 2.79 bits per heavy atom. The number of nitrogens with one attached hydrogen (secondary N) is 1. The number of nitrogens with zero attached hydrogens (tertiary/aromatic N) is 5. The lowest BCUT2D eigenvalue weighted by molar-refractivity contribution is -0.0507. The molecule has 12 heteroatoms. The standard InChI is InChI=1S/C21H36N6O4SSi/c1-21(2,3)33(7,8)30-10-15-14(29-13-32-6)9-16(31-15)27-12-22-17-18(27)24-20(25-19(17)28)23-11-26(4)5/h11-12,14-16H,9-10,13H2,1-8H3,(H,24,25,28)/b23-11-/t14?,15-,16-/m1/s1. The molecular formula is C21H36N6O4SSi. The maximum atomic E-state index is 12.5. The first-order chi connectivity index (χ1) is 15.4. The van der Waals surface area contributed by atoms with Crippen LogP contribution < -0.4 is 5.56 Å². The van der Waals surface area contributed by atoms with Crippen LogP contribution in [0.4, 0.5) is 5.95 Å². The molecule has 2 aromatic heterocycles. The quantitative estimate of drug-likeness (QED) is 0.244. The van der Waals surface area contributed by atoms with Gasteiger partial charge in [0.2, 0.25) is 5.95 Å². The third kappa shape index (κ3) is 6.04. The van der Waals surface area contributed by atoms with Crippen molar-refractivity contribution in [2.24, 2.45) is 4.99 Å². The van der Waals surface area contributed by atoms with Crippen LogP contribution in [0.25, 0.3) is 11.2 Å². The second kappa shape index (κ2) is 10.3. The molecule has 0 spiro atoms. The SMILES string of the molecule is CSCOC1C[C@H](n2cnc3c(=O)[nH]c(/N=C\N(C)C)nc32)O[C@@H]1CO[Si](C)(C)C(C)(C)C. The van der Waals surface area contributed by atoms with Crippen molar-refractivity contribution < 1.29 is 13.9 Å². The average molecular weight is 497 g/mol. The van der Waals surface area contributed by atoms with Crippen LogP contribution in [0.5, 0.6) is 0 Å². The Hall–Kier alpha value is -1.73. The minimum Gasteiger partial charge on any atom is -0.414 e. The zero-order valence-corrected chi connectivity index (χ0v) is 22.6. The summed E-state index contributed by atoms with van der Waals surface area (Å²) in [5.74, 6) is 0.789. The summed E-state index contributed by atoms with van der Waals surface area (Å²) in [6.07, 6.45) is 5.08. The lowest BCUT2D eigenvalue weighted by atomic mass is 10.2. The highest BCUT2D eigenvalue weighted by Crippen LogP contribution is 2.38. The minimum atomic E-state index is -1.94. The molecule has 1 unspecified atom stereocenters. The molecule has 2 aromatic rings. The van der Waals surface area contributed by atoms with Gasteiger partial charge in [-0.15, -0.1) is 11.8 Å². The lowest BCUT2D eigenvalue weighted by Crippen LogP contribution is -2.44. The highest BCUT2D eigenvalue weighted by Gasteiger charge is 2.42. The smallest absolute Gasteiger partial charge is 0.280 e. The first-order valence-electron chi connectivity index (χ1n) is 11.0. The summed E-state index contributed by atoms with van der Waals surface area (Å²) in [5, 5.41) is 0.107. The van der Waals surface area contributed by atoms with Crippen LogP contribution in [0.1, 0.15) is 33.4 Å². The van der Waals surface area contributed by atoms with Gasteiger partial charge in [-0.05, 0) is 24.4 Å². The van der Waals surface area contributed by atoms with Crippen molar-refractivity contribution in [1.29, 1.82) is 0 Å². The number of rotatable bonds is 9. The summed E-state index contributed by atoms with van der Waals surface area (Å²) >= 11 is 1.62. The van der Waals surface area contributed by atoms with E-state index in [9.17, 15) is 4.79 Å². The number of aromatic nitrogens is 4. The van der Waals surface area contributed by atoms with Crippen LogP contribution in [0, 0.1) is 0 Å². The first-order valence-corrected chi connectivity index (χ1v) is 15.3. The van der Waals surface area contributed by atoms with Gasteiger partial charge in [0.15, 0.2) is 19.5 Å². The summed E-state index contributed by atoms with van der Waals surface area (Å²) in [6.45, 7) is 11.6. The fourth-order valence-electron chi connectivity index (χ4n) is 3.22. The highest BCUT2D eigenvalue weighted by molar-refractivity contribution is 7.98. The fourth-order valence-corrected chi connectivity index (χ4v) is 4.54. The maximum Gasteiger partial charge on any atom is 0.280 e. The first kappa shape index (κ1) is 25.9. The predicted octanol–water partition coefficient (Wildman–Crippen LogP) is 3.36. The molecule has 0 amide bonds. The van der Waals surface area contributed by atoms with E-state index in [1.165, 1.54) is 0 Å². The van der Waals surface area contributed by atoms with Crippen molar-refractivity contribution in [3.8, 4) is 0 Å². The van der Waals surface area contributed by atoms with E-state index < -0.39 is 8.32 Å². The lowest BCUT2D eigenvalue weighted by Gasteiger charge is -2.37. The van der Waals surface area contributed by atoms with Crippen LogP contribution >= 0.6 is 11.8 Å². The van der Waals surface area contributed by atoms with Crippen molar-refractivity contribution in [1.82, 2.24) is 24.4 Å². The Morgan fingerprint density at radius 1 is 1.42 bits per heavy atom. The number of ether oxygens (including phenoxy) is 2. The molecule has 1 saturated heterocycles. The Balaban J connectivity index is 1.86. The number of imidazole rings is 1. The Labute approximate surface area is 200 Å². The molecule has 1 aliphatic heterocycles. The molecule has 0 radical (unpaired) electrons. The fraction of sp³-hybridized carbons (Fsp3) is 0.714. The van der Waals surface area contributed by atoms with Crippen molar-refractivity contribution in [2.45, 2.75) is 63.8 Å². The summed E-state index contributed by atoms with van der Waals surface area (Å²) < 4.78 is 20.7. The molecule has 0 saturated carbocycles. The number of H-pyrrole nitrogens is 1. The van der Waals surface area contributed by atoms with Crippen LogP contribution in [-0.4, -0.2) is 84.2 Å². The molecule has 184 valence electrons. The number of aromatic amines is 1. The maximum absolute atomic E-state index is 12.5. The van der Waals surface area contributed by atoms with Crippen LogP contribution in [-0.2, 0) is 13.9 Å². The summed E-state index contributed by atoms with van der Waals surface area (Å²) in [4.78, 5) is 29.9. The number of fused-ring (bicyclic) bond motifs is 1. The number of hydrogen-bond donors (Lipinski definition) is 1. The predicted molar refractivity (Wildman–Crippen MR) is 135 cm³/mol. The minimum absolute atomic E-state index is 0.107. The molecule has 33 heavy (non-hydrogen) atoms. The molecule has 3 atom stereocenters. The van der Waals surface area contributed by atoms with Crippen LogP contribution in [0.15, 0.2) is 16.1 Å². The van der Waals surface area contributed by atoms with E-state index in [1.54, 1.807) is 33.9 Å². The third-order valence-electron chi connectivity index (χ3n) is 6.14. The largest absolute Gasteiger partial charge is 0.414 e. The number of thioether (sulfide) groups is 1. The van der Waals surface area contributed by atoms with E-state index in [-0.39, 0.29) is 40.5 Å². The molecule has 3 heterocycles. The van der Waals surface area contributed by atoms with Gasteiger partial charge < -0.3 is 18.8 Å². The Morgan fingerprint density at radius 2 is 2.15 bits per heavy atom. The molecule has 0 bridgehead atoms. The molecule has 1 fully saturated rings. The van der Waals surface area contributed by atoms with Gasteiger partial charge in [0, 0.05) is 20.5 Å². The van der Waals surface area contributed by atoms with Gasteiger partial charge in [0.05, 0.1) is 31.3 Å². The number of aliphatic imine (C=N–C) groups is 1. The van der Waals surface area contributed by atoms with Gasteiger partial charge >= 0.3 is 0 Å². The topological polar surface area (TPSA) is 107 Å². The second-order valence-corrected chi connectivity index (χ2v) is 15.6. The van der Waals surface area contributed by atoms with E-state index in [0.717, 1.165) is 0 Å². The zero-order chi connectivity index (χ0) is 24.4. The van der Waals surface area contributed by atoms with E-state index >= 15 is 0 Å². The average Bonchev–Trinajstić information content (AvgIpc) is 3.32. The van der Waals surface area contributed by atoms with Crippen molar-refractivity contribution >= 4 is 43.5 Å². The van der Waals surface area contributed by atoms with Crippen molar-refractivity contribution in [3.63, 3.8) is 0 Å². The normalized spacial score (nSPS) is 22.0. The van der Waals surface area contributed by atoms with E-state index in [1.807, 2.05) is 20.4 Å². The molecule has 3 rings (SSSR count). The van der Waals surface area contributed by atoms with Crippen LogP contribution in [0.3, 0.4) is 0 Å². The molecular weight excluding hydrogens is 460 g/mol. The molecule has 1 N–H and O–H groups in total. The van der Waals surface area contributed by atoms with Crippen molar-refractivity contribution in [2.75, 3.05) is 32.9 Å². The third-order valence-corrected chi connectivity index (χ3v) is 11.0. The Bertz CT molecular complexity index is 1030. The molecule has 0 aromatic carbocycles. The molecule has 1 aliphatic rings. The molecule has 10 nitrogen and oxygen atoms in total. The van der Waals surface area contributed by atoms with E-state index in [0.29, 0.717) is 24.6 Å². The second-order valence-electron chi connectivity index (χ2n) is 9.97. The summed E-state index contributed by atoms with van der Waals surface area (Å²) in [5.41, 5.74) is 0.352. The molecule has 0 aliphatic carbocycles. The summed E-state index contributed by atoms with van der Waals surface area (Å²) in [7, 11) is 1.75. The van der Waals surface area contributed by atoms with Gasteiger partial charge in [-0.3, -0.25) is 14.3 Å². The van der Waals surface area contributed by atoms with E-state index in [2.05, 4.69) is 53.8 Å². The van der Waals surface area contributed by atoms with Gasteiger partial charge in [-0.25, -0.2) is 9.98 Å². The van der Waals surface area contributed by atoms with Crippen LogP contribution in [0.2, 0.25) is 18.1 Å². The number of hydrogen-bond acceptors (Lipinski definition) is 8.